The van der Waals surface area contributed by atoms with Gasteiger partial charge in [-0.2, -0.15) is 0 Å². The third-order valence-corrected chi connectivity index (χ3v) is 3.96. The molecule has 1 fully saturated rings. The number of rotatable bonds is 4. The zero-order chi connectivity index (χ0) is 13.0. The summed E-state index contributed by atoms with van der Waals surface area (Å²) in [5.41, 5.74) is 8.64. The second-order valence-electron chi connectivity index (χ2n) is 5.12. The monoisotopic (exact) mass is 248 g/mol. The van der Waals surface area contributed by atoms with Gasteiger partial charge in [0, 0.05) is 18.5 Å². The van der Waals surface area contributed by atoms with Crippen molar-refractivity contribution in [2.75, 3.05) is 20.2 Å². The average Bonchev–Trinajstić information content (AvgIpc) is 2.42. The minimum absolute atomic E-state index is 0.413. The number of aryl methyl sites for hydroxylation is 1. The molecule has 3 nitrogen and oxygen atoms in total. The molecule has 2 rings (SSSR count). The highest BCUT2D eigenvalue weighted by Crippen LogP contribution is 2.29. The van der Waals surface area contributed by atoms with Crippen LogP contribution in [0, 0.1) is 6.92 Å². The van der Waals surface area contributed by atoms with Crippen LogP contribution in [0.25, 0.3) is 0 Å². The van der Waals surface area contributed by atoms with E-state index in [-0.39, 0.29) is 0 Å². The van der Waals surface area contributed by atoms with Crippen molar-refractivity contribution in [1.82, 2.24) is 5.32 Å². The molecule has 1 aliphatic rings. The smallest absolute Gasteiger partial charge is 0.119 e. The first-order valence-electron chi connectivity index (χ1n) is 6.84. The van der Waals surface area contributed by atoms with Crippen LogP contribution in [0.1, 0.15) is 36.3 Å². The van der Waals surface area contributed by atoms with Gasteiger partial charge >= 0.3 is 0 Å². The van der Waals surface area contributed by atoms with Crippen molar-refractivity contribution in [1.29, 1.82) is 0 Å². The molecule has 1 heterocycles. The summed E-state index contributed by atoms with van der Waals surface area (Å²) < 4.78 is 5.26. The van der Waals surface area contributed by atoms with Gasteiger partial charge in [0.1, 0.15) is 5.75 Å². The predicted octanol–water partition coefficient (Wildman–Crippen LogP) is 2.19. The molecule has 0 spiro atoms. The number of hydrogen-bond donors (Lipinski definition) is 2. The fourth-order valence-electron chi connectivity index (χ4n) is 2.92. The van der Waals surface area contributed by atoms with Crippen LogP contribution in [0.5, 0.6) is 5.75 Å². The molecule has 18 heavy (non-hydrogen) atoms. The van der Waals surface area contributed by atoms with Gasteiger partial charge in [-0.25, -0.2) is 0 Å². The normalized spacial score (nSPS) is 21.6. The molecule has 3 N–H and O–H groups in total. The maximum atomic E-state index is 6.00. The summed E-state index contributed by atoms with van der Waals surface area (Å²) in [6.45, 7) is 3.96. The van der Waals surface area contributed by atoms with Gasteiger partial charge in [0.05, 0.1) is 7.11 Å². The van der Waals surface area contributed by atoms with Gasteiger partial charge in [-0.3, -0.25) is 0 Å². The molecule has 0 radical (unpaired) electrons. The molecule has 0 aromatic heterocycles. The molecule has 3 heteroatoms. The van der Waals surface area contributed by atoms with Crippen molar-refractivity contribution in [3.63, 3.8) is 0 Å². The lowest BCUT2D eigenvalue weighted by Crippen LogP contribution is -2.41. The molecule has 0 amide bonds. The third-order valence-electron chi connectivity index (χ3n) is 3.96. The minimum atomic E-state index is 0.413. The summed E-state index contributed by atoms with van der Waals surface area (Å²) in [5, 5.41) is 3.61. The Kier molecular flexibility index (Phi) is 4.61. The van der Waals surface area contributed by atoms with Crippen LogP contribution in [0.15, 0.2) is 18.2 Å². The molecule has 1 aromatic rings. The van der Waals surface area contributed by atoms with E-state index in [1.54, 1.807) is 7.11 Å². The number of ether oxygens (including phenoxy) is 1. The number of hydrogen-bond acceptors (Lipinski definition) is 3. The van der Waals surface area contributed by atoms with Crippen molar-refractivity contribution in [2.24, 2.45) is 5.73 Å². The van der Waals surface area contributed by atoms with Crippen LogP contribution in [0.2, 0.25) is 0 Å². The Bertz CT molecular complexity index is 386. The highest BCUT2D eigenvalue weighted by Gasteiger charge is 2.24. The molecule has 2 unspecified atom stereocenters. The summed E-state index contributed by atoms with van der Waals surface area (Å²) >= 11 is 0. The maximum absolute atomic E-state index is 6.00. The largest absolute Gasteiger partial charge is 0.497 e. The summed E-state index contributed by atoms with van der Waals surface area (Å²) in [6.07, 6.45) is 3.83. The van der Waals surface area contributed by atoms with Crippen LogP contribution in [0.3, 0.4) is 0 Å². The molecule has 0 saturated carbocycles. The topological polar surface area (TPSA) is 47.3 Å². The van der Waals surface area contributed by atoms with E-state index in [1.807, 2.05) is 6.07 Å². The van der Waals surface area contributed by atoms with E-state index in [0.29, 0.717) is 18.5 Å². The summed E-state index contributed by atoms with van der Waals surface area (Å²) in [7, 11) is 1.71. The van der Waals surface area contributed by atoms with Crippen LogP contribution in [-0.2, 0) is 0 Å². The average molecular weight is 248 g/mol. The highest BCUT2D eigenvalue weighted by atomic mass is 16.5. The number of methoxy groups -OCH3 is 1. The van der Waals surface area contributed by atoms with E-state index < -0.39 is 0 Å². The van der Waals surface area contributed by atoms with Gasteiger partial charge in [-0.05, 0) is 49.6 Å². The summed E-state index contributed by atoms with van der Waals surface area (Å²) in [4.78, 5) is 0. The predicted molar refractivity (Wildman–Crippen MR) is 75.2 cm³/mol. The lowest BCUT2D eigenvalue weighted by atomic mass is 9.84. The Morgan fingerprint density at radius 3 is 2.83 bits per heavy atom. The Morgan fingerprint density at radius 1 is 1.44 bits per heavy atom. The Balaban J connectivity index is 2.20. The van der Waals surface area contributed by atoms with E-state index >= 15 is 0 Å². The minimum Gasteiger partial charge on any atom is -0.497 e. The zero-order valence-corrected chi connectivity index (χ0v) is 11.4. The molecule has 0 aliphatic carbocycles. The second kappa shape index (κ2) is 6.21. The fourth-order valence-corrected chi connectivity index (χ4v) is 2.92. The van der Waals surface area contributed by atoms with Crippen LogP contribution in [0.4, 0.5) is 0 Å². The standard InChI is InChI=1S/C15H24N2O/c1-11-9-12(18-2)6-7-13(11)14(10-16)15-5-3-4-8-17-15/h6-7,9,14-15,17H,3-5,8,10,16H2,1-2H3. The molecule has 2 atom stereocenters. The lowest BCUT2D eigenvalue weighted by molar-refractivity contribution is 0.351. The molecule has 1 saturated heterocycles. The van der Waals surface area contributed by atoms with Crippen LogP contribution in [-0.4, -0.2) is 26.2 Å². The van der Waals surface area contributed by atoms with Crippen molar-refractivity contribution >= 4 is 0 Å². The van der Waals surface area contributed by atoms with E-state index in [0.717, 1.165) is 12.3 Å². The molecule has 1 aromatic carbocycles. The Labute approximate surface area is 110 Å². The summed E-state index contributed by atoms with van der Waals surface area (Å²) in [5.74, 6) is 1.33. The first kappa shape index (κ1) is 13.4. The molecule has 0 bridgehead atoms. The molecule has 1 aliphatic heterocycles. The number of nitrogens with one attached hydrogen (secondary N) is 1. The number of benzene rings is 1. The van der Waals surface area contributed by atoms with Gasteiger partial charge < -0.3 is 15.8 Å². The van der Waals surface area contributed by atoms with Crippen molar-refractivity contribution < 1.29 is 4.74 Å². The van der Waals surface area contributed by atoms with Gasteiger partial charge in [-0.1, -0.05) is 12.5 Å². The maximum Gasteiger partial charge on any atom is 0.119 e. The quantitative estimate of drug-likeness (QED) is 0.858. The van der Waals surface area contributed by atoms with Gasteiger partial charge in [-0.15, -0.1) is 0 Å². The molecular formula is C15H24N2O. The van der Waals surface area contributed by atoms with Crippen LogP contribution < -0.4 is 15.8 Å². The van der Waals surface area contributed by atoms with Crippen molar-refractivity contribution in [3.8, 4) is 5.75 Å². The number of piperidine rings is 1. The first-order chi connectivity index (χ1) is 8.76. The van der Waals surface area contributed by atoms with Crippen molar-refractivity contribution in [3.05, 3.63) is 29.3 Å². The molecule has 100 valence electrons. The van der Waals surface area contributed by atoms with E-state index in [2.05, 4.69) is 24.4 Å². The second-order valence-corrected chi connectivity index (χ2v) is 5.12. The third kappa shape index (κ3) is 2.85. The van der Waals surface area contributed by atoms with Gasteiger partial charge in [0.15, 0.2) is 0 Å². The lowest BCUT2D eigenvalue weighted by Gasteiger charge is -2.32. The number of nitrogens with two attached hydrogens (primary N) is 1. The Morgan fingerprint density at radius 2 is 2.28 bits per heavy atom. The van der Waals surface area contributed by atoms with E-state index in [1.165, 1.54) is 30.4 Å². The van der Waals surface area contributed by atoms with E-state index in [9.17, 15) is 0 Å². The van der Waals surface area contributed by atoms with E-state index in [4.69, 9.17) is 10.5 Å². The Hall–Kier alpha value is -1.06. The van der Waals surface area contributed by atoms with Gasteiger partial charge in [0.25, 0.3) is 0 Å². The molecular weight excluding hydrogens is 224 g/mol. The SMILES string of the molecule is COc1ccc(C(CN)C2CCCCN2)c(C)c1. The van der Waals surface area contributed by atoms with Crippen LogP contribution >= 0.6 is 0 Å². The van der Waals surface area contributed by atoms with Crippen molar-refractivity contribution in [2.45, 2.75) is 38.1 Å². The first-order valence-corrected chi connectivity index (χ1v) is 6.84. The zero-order valence-electron chi connectivity index (χ0n) is 11.4. The summed E-state index contributed by atoms with van der Waals surface area (Å²) in [6, 6.07) is 6.83. The fraction of sp³-hybridized carbons (Fsp3) is 0.600. The van der Waals surface area contributed by atoms with Gasteiger partial charge in [0.2, 0.25) is 0 Å². The highest BCUT2D eigenvalue weighted by molar-refractivity contribution is 5.37.